The largest absolute Gasteiger partial charge is 0.497 e. The van der Waals surface area contributed by atoms with Crippen LogP contribution in [0, 0.1) is 6.92 Å². The van der Waals surface area contributed by atoms with Crippen molar-refractivity contribution in [3.05, 3.63) is 94.2 Å². The van der Waals surface area contributed by atoms with Gasteiger partial charge in [0.2, 0.25) is 0 Å². The average Bonchev–Trinajstić information content (AvgIpc) is 3.27. The summed E-state index contributed by atoms with van der Waals surface area (Å²) in [4.78, 5) is 30.3. The van der Waals surface area contributed by atoms with Crippen molar-refractivity contribution in [2.75, 3.05) is 12.0 Å². The molecule has 0 aliphatic carbocycles. The number of carbonyl (C=O) groups is 1. The molecule has 0 radical (unpaired) electrons. The van der Waals surface area contributed by atoms with Crippen LogP contribution in [0.3, 0.4) is 0 Å². The molecule has 0 bridgehead atoms. The van der Waals surface area contributed by atoms with Crippen molar-refractivity contribution in [3.8, 4) is 5.75 Å². The van der Waals surface area contributed by atoms with Gasteiger partial charge >= 0.3 is 0 Å². The second-order valence-electron chi connectivity index (χ2n) is 6.73. The smallest absolute Gasteiger partial charge is 0.294 e. The number of para-hydroxylation sites is 1. The topological polar surface area (TPSA) is 75.5 Å². The summed E-state index contributed by atoms with van der Waals surface area (Å²) in [7, 11) is 1.58. The Morgan fingerprint density at radius 3 is 2.66 bits per heavy atom. The number of hydrogen-bond donors (Lipinski definition) is 1. The predicted octanol–water partition coefficient (Wildman–Crippen LogP) is 4.29. The minimum atomic E-state index is -0.307. The molecule has 0 aliphatic rings. The number of nitrogens with one attached hydrogen (secondary N) is 1. The number of H-pyrrole nitrogens is 1. The van der Waals surface area contributed by atoms with Gasteiger partial charge in [0.1, 0.15) is 5.75 Å². The molecule has 6 nitrogen and oxygen atoms in total. The highest BCUT2D eigenvalue weighted by molar-refractivity contribution is 6.04. The number of rotatable bonds is 5. The maximum absolute atomic E-state index is 13.1. The van der Waals surface area contributed by atoms with Gasteiger partial charge in [0.15, 0.2) is 5.76 Å². The van der Waals surface area contributed by atoms with Crippen LogP contribution in [-0.2, 0) is 6.54 Å². The fourth-order valence-electron chi connectivity index (χ4n) is 3.31. The van der Waals surface area contributed by atoms with Crippen LogP contribution >= 0.6 is 0 Å². The molecule has 0 unspecified atom stereocenters. The molecule has 0 aliphatic heterocycles. The van der Waals surface area contributed by atoms with Gasteiger partial charge in [-0.1, -0.05) is 18.2 Å². The molecule has 2 aromatic heterocycles. The minimum Gasteiger partial charge on any atom is -0.497 e. The number of furan rings is 1. The number of aromatic nitrogens is 1. The van der Waals surface area contributed by atoms with Gasteiger partial charge in [-0.15, -0.1) is 0 Å². The second kappa shape index (κ2) is 7.67. The van der Waals surface area contributed by atoms with E-state index in [0.717, 1.165) is 16.6 Å². The molecule has 2 heterocycles. The highest BCUT2D eigenvalue weighted by Gasteiger charge is 2.23. The highest BCUT2D eigenvalue weighted by atomic mass is 16.5. The monoisotopic (exact) mass is 388 g/mol. The summed E-state index contributed by atoms with van der Waals surface area (Å²) < 4.78 is 10.5. The lowest BCUT2D eigenvalue weighted by atomic mass is 10.1. The molecule has 2 aromatic carbocycles. The molecule has 146 valence electrons. The molecule has 4 aromatic rings. The van der Waals surface area contributed by atoms with Crippen LogP contribution in [0.25, 0.3) is 10.9 Å². The molecule has 0 saturated carbocycles. The van der Waals surface area contributed by atoms with E-state index >= 15 is 0 Å². The van der Waals surface area contributed by atoms with Gasteiger partial charge in [-0.05, 0) is 54.3 Å². The van der Waals surface area contributed by atoms with E-state index in [1.54, 1.807) is 36.3 Å². The van der Waals surface area contributed by atoms with Crippen molar-refractivity contribution in [1.82, 2.24) is 4.98 Å². The first-order valence-corrected chi connectivity index (χ1v) is 9.18. The number of fused-ring (bicyclic) bond motifs is 1. The number of ether oxygens (including phenoxy) is 1. The summed E-state index contributed by atoms with van der Waals surface area (Å²) in [5.41, 5.74) is 2.55. The molecule has 1 amide bonds. The number of nitrogens with zero attached hydrogens (tertiary/aromatic N) is 1. The number of methoxy groups -OCH3 is 1. The van der Waals surface area contributed by atoms with Crippen molar-refractivity contribution < 1.29 is 13.9 Å². The summed E-state index contributed by atoms with van der Waals surface area (Å²) in [6.45, 7) is 2.04. The average molecular weight is 388 g/mol. The molecule has 29 heavy (non-hydrogen) atoms. The summed E-state index contributed by atoms with van der Waals surface area (Å²) >= 11 is 0. The fraction of sp³-hybridized carbons (Fsp3) is 0.130. The molecule has 0 saturated heterocycles. The van der Waals surface area contributed by atoms with E-state index in [4.69, 9.17) is 9.15 Å². The van der Waals surface area contributed by atoms with E-state index in [1.807, 2.05) is 43.3 Å². The molecule has 4 rings (SSSR count). The van der Waals surface area contributed by atoms with E-state index in [0.29, 0.717) is 16.8 Å². The van der Waals surface area contributed by atoms with Gasteiger partial charge in [-0.25, -0.2) is 0 Å². The van der Waals surface area contributed by atoms with Gasteiger partial charge in [0.25, 0.3) is 11.5 Å². The third kappa shape index (κ3) is 3.65. The summed E-state index contributed by atoms with van der Waals surface area (Å²) in [6, 6.07) is 18.1. The minimum absolute atomic E-state index is 0.113. The van der Waals surface area contributed by atoms with Gasteiger partial charge in [-0.2, -0.15) is 0 Å². The Labute approximate surface area is 167 Å². The van der Waals surface area contributed by atoms with E-state index in [2.05, 4.69) is 4.98 Å². The Morgan fingerprint density at radius 1 is 1.10 bits per heavy atom. The van der Waals surface area contributed by atoms with Crippen LogP contribution in [0.2, 0.25) is 0 Å². The van der Waals surface area contributed by atoms with Gasteiger partial charge in [0, 0.05) is 17.3 Å². The second-order valence-corrected chi connectivity index (χ2v) is 6.73. The van der Waals surface area contributed by atoms with E-state index in [9.17, 15) is 9.59 Å². The van der Waals surface area contributed by atoms with Crippen LogP contribution in [0.4, 0.5) is 5.69 Å². The molecule has 1 N–H and O–H groups in total. The van der Waals surface area contributed by atoms with Crippen LogP contribution in [0.1, 0.15) is 21.7 Å². The number of carbonyl (C=O) groups excluding carboxylic acids is 1. The van der Waals surface area contributed by atoms with Crippen molar-refractivity contribution in [2.45, 2.75) is 13.5 Å². The number of benzene rings is 2. The number of pyridine rings is 1. The Balaban J connectivity index is 1.78. The summed E-state index contributed by atoms with van der Waals surface area (Å²) in [5, 5.41) is 0.857. The lowest BCUT2D eigenvalue weighted by Crippen LogP contribution is -2.33. The molecule has 0 spiro atoms. The number of amides is 1. The Bertz CT molecular complexity index is 1230. The first kappa shape index (κ1) is 18.6. The lowest BCUT2D eigenvalue weighted by Gasteiger charge is -2.23. The number of aromatic amines is 1. The van der Waals surface area contributed by atoms with E-state index in [-0.39, 0.29) is 23.8 Å². The quantitative estimate of drug-likeness (QED) is 0.554. The maximum atomic E-state index is 13.1. The third-order valence-corrected chi connectivity index (χ3v) is 4.84. The van der Waals surface area contributed by atoms with Crippen LogP contribution in [0.15, 0.2) is 76.1 Å². The van der Waals surface area contributed by atoms with Crippen LogP contribution in [0.5, 0.6) is 5.75 Å². The fourth-order valence-corrected chi connectivity index (χ4v) is 3.31. The molecule has 6 heteroatoms. The molecular formula is C23H20N2O4. The van der Waals surface area contributed by atoms with Gasteiger partial charge in [0.05, 0.1) is 25.4 Å². The predicted molar refractivity (Wildman–Crippen MR) is 112 cm³/mol. The molecule has 0 fully saturated rings. The Morgan fingerprint density at radius 2 is 1.93 bits per heavy atom. The maximum Gasteiger partial charge on any atom is 0.294 e. The van der Waals surface area contributed by atoms with Crippen LogP contribution in [-0.4, -0.2) is 18.0 Å². The van der Waals surface area contributed by atoms with Crippen molar-refractivity contribution in [1.29, 1.82) is 0 Å². The first-order chi connectivity index (χ1) is 14.1. The van der Waals surface area contributed by atoms with Gasteiger partial charge < -0.3 is 19.0 Å². The zero-order chi connectivity index (χ0) is 20.4. The van der Waals surface area contributed by atoms with Crippen molar-refractivity contribution in [3.63, 3.8) is 0 Å². The Kier molecular flexibility index (Phi) is 4.91. The summed E-state index contributed by atoms with van der Waals surface area (Å²) in [5.74, 6) is 0.573. The molecular weight excluding hydrogens is 368 g/mol. The first-order valence-electron chi connectivity index (χ1n) is 9.18. The zero-order valence-corrected chi connectivity index (χ0v) is 16.1. The van der Waals surface area contributed by atoms with E-state index < -0.39 is 0 Å². The Hall–Kier alpha value is -3.80. The normalized spacial score (nSPS) is 10.8. The van der Waals surface area contributed by atoms with Crippen LogP contribution < -0.4 is 15.2 Å². The highest BCUT2D eigenvalue weighted by Crippen LogP contribution is 2.25. The molecule has 0 atom stereocenters. The van der Waals surface area contributed by atoms with Gasteiger partial charge in [-0.3, -0.25) is 9.59 Å². The van der Waals surface area contributed by atoms with E-state index in [1.165, 1.54) is 6.26 Å². The number of anilines is 1. The van der Waals surface area contributed by atoms with Crippen molar-refractivity contribution in [2.24, 2.45) is 0 Å². The zero-order valence-electron chi connectivity index (χ0n) is 16.1. The SMILES string of the molecule is COc1ccc2cc(CN(C(=O)c3ccco3)c3ccccc3C)c(=O)[nH]c2c1. The summed E-state index contributed by atoms with van der Waals surface area (Å²) in [6.07, 6.45) is 1.46. The number of aryl methyl sites for hydroxylation is 1. The standard InChI is InChI=1S/C23H20N2O4/c1-15-6-3-4-7-20(15)25(23(27)21-8-5-11-29-21)14-17-12-16-9-10-18(28-2)13-19(16)24-22(17)26/h3-13H,14H2,1-2H3,(H,24,26). The van der Waals surface area contributed by atoms with Crippen molar-refractivity contribution >= 4 is 22.5 Å². The lowest BCUT2D eigenvalue weighted by molar-refractivity contribution is 0.0958. The third-order valence-electron chi connectivity index (χ3n) is 4.84. The number of hydrogen-bond acceptors (Lipinski definition) is 4.